The minimum Gasteiger partial charge on any atom is -0.329 e. The molecule has 2 atom stereocenters. The van der Waals surface area contributed by atoms with Crippen molar-refractivity contribution in [2.24, 2.45) is 5.73 Å². The highest BCUT2D eigenvalue weighted by Gasteiger charge is 2.44. The summed E-state index contributed by atoms with van der Waals surface area (Å²) in [6.07, 6.45) is 12.3. The summed E-state index contributed by atoms with van der Waals surface area (Å²) >= 11 is 0. The van der Waals surface area contributed by atoms with E-state index in [1.807, 2.05) is 0 Å². The summed E-state index contributed by atoms with van der Waals surface area (Å²) in [4.78, 5) is 2.83. The van der Waals surface area contributed by atoms with Gasteiger partial charge in [0.1, 0.15) is 0 Å². The summed E-state index contributed by atoms with van der Waals surface area (Å²) in [5.41, 5.74) is 6.57. The molecule has 1 heterocycles. The Morgan fingerprint density at radius 2 is 1.76 bits per heavy atom. The SMILES string of the molecule is CCC1CCC(C)N1C1(CN)CCCCCC1. The molecule has 1 aliphatic heterocycles. The Bertz CT molecular complexity index is 231. The zero-order valence-electron chi connectivity index (χ0n) is 11.8. The van der Waals surface area contributed by atoms with Crippen LogP contribution in [0.4, 0.5) is 0 Å². The van der Waals surface area contributed by atoms with Gasteiger partial charge in [0.15, 0.2) is 0 Å². The van der Waals surface area contributed by atoms with E-state index >= 15 is 0 Å². The number of likely N-dealkylation sites (tertiary alicyclic amines) is 1. The fraction of sp³-hybridized carbons (Fsp3) is 1.00. The van der Waals surface area contributed by atoms with Crippen LogP contribution in [-0.2, 0) is 0 Å². The molecule has 1 saturated carbocycles. The van der Waals surface area contributed by atoms with Crippen molar-refractivity contribution in [1.82, 2.24) is 4.90 Å². The fourth-order valence-electron chi connectivity index (χ4n) is 4.28. The van der Waals surface area contributed by atoms with Gasteiger partial charge in [-0.15, -0.1) is 0 Å². The van der Waals surface area contributed by atoms with Crippen LogP contribution in [0.1, 0.15) is 71.6 Å². The molecule has 100 valence electrons. The molecule has 0 spiro atoms. The van der Waals surface area contributed by atoms with E-state index in [2.05, 4.69) is 18.7 Å². The van der Waals surface area contributed by atoms with Gasteiger partial charge in [-0.25, -0.2) is 0 Å². The molecule has 2 unspecified atom stereocenters. The van der Waals surface area contributed by atoms with E-state index in [4.69, 9.17) is 5.73 Å². The molecule has 0 aromatic carbocycles. The summed E-state index contributed by atoms with van der Waals surface area (Å²) in [6, 6.07) is 1.55. The Morgan fingerprint density at radius 3 is 2.29 bits per heavy atom. The topological polar surface area (TPSA) is 29.3 Å². The monoisotopic (exact) mass is 238 g/mol. The third-order valence-corrected chi connectivity index (χ3v) is 5.22. The lowest BCUT2D eigenvalue weighted by Gasteiger charge is -2.46. The molecule has 2 fully saturated rings. The van der Waals surface area contributed by atoms with Crippen LogP contribution in [-0.4, -0.2) is 29.1 Å². The number of nitrogens with two attached hydrogens (primary N) is 1. The first kappa shape index (κ1) is 13.4. The molecule has 2 aliphatic rings. The van der Waals surface area contributed by atoms with Gasteiger partial charge < -0.3 is 5.73 Å². The summed E-state index contributed by atoms with van der Waals surface area (Å²) in [7, 11) is 0. The minimum absolute atomic E-state index is 0.340. The van der Waals surface area contributed by atoms with Crippen LogP contribution in [0.15, 0.2) is 0 Å². The molecule has 1 saturated heterocycles. The van der Waals surface area contributed by atoms with Crippen LogP contribution in [0.3, 0.4) is 0 Å². The first-order valence-corrected chi connectivity index (χ1v) is 7.72. The molecule has 0 radical (unpaired) electrons. The lowest BCUT2D eigenvalue weighted by atomic mass is 9.86. The van der Waals surface area contributed by atoms with E-state index in [1.54, 1.807) is 0 Å². The molecule has 0 bridgehead atoms. The van der Waals surface area contributed by atoms with E-state index in [-0.39, 0.29) is 0 Å². The van der Waals surface area contributed by atoms with Crippen LogP contribution in [0.5, 0.6) is 0 Å². The molecular weight excluding hydrogens is 208 g/mol. The van der Waals surface area contributed by atoms with Crippen molar-refractivity contribution in [2.45, 2.75) is 89.3 Å². The zero-order valence-corrected chi connectivity index (χ0v) is 11.8. The van der Waals surface area contributed by atoms with Crippen molar-refractivity contribution in [3.8, 4) is 0 Å². The lowest BCUT2D eigenvalue weighted by Crippen LogP contribution is -2.57. The van der Waals surface area contributed by atoms with Gasteiger partial charge in [-0.3, -0.25) is 4.90 Å². The maximum atomic E-state index is 6.22. The average Bonchev–Trinajstić information content (AvgIpc) is 2.59. The summed E-state index contributed by atoms with van der Waals surface area (Å²) < 4.78 is 0. The van der Waals surface area contributed by atoms with E-state index < -0.39 is 0 Å². The van der Waals surface area contributed by atoms with Crippen molar-refractivity contribution >= 4 is 0 Å². The minimum atomic E-state index is 0.340. The van der Waals surface area contributed by atoms with E-state index in [0.717, 1.165) is 18.6 Å². The van der Waals surface area contributed by atoms with Gasteiger partial charge in [0, 0.05) is 24.2 Å². The molecular formula is C15H30N2. The second-order valence-corrected chi connectivity index (χ2v) is 6.24. The second-order valence-electron chi connectivity index (χ2n) is 6.24. The van der Waals surface area contributed by atoms with Gasteiger partial charge in [-0.1, -0.05) is 32.6 Å². The van der Waals surface area contributed by atoms with E-state index in [1.165, 1.54) is 57.8 Å². The Hall–Kier alpha value is -0.0800. The van der Waals surface area contributed by atoms with Crippen molar-refractivity contribution in [3.63, 3.8) is 0 Å². The van der Waals surface area contributed by atoms with Gasteiger partial charge in [-0.2, -0.15) is 0 Å². The summed E-state index contributed by atoms with van der Waals surface area (Å²) in [6.45, 7) is 5.63. The highest BCUT2D eigenvalue weighted by atomic mass is 15.3. The maximum absolute atomic E-state index is 6.22. The van der Waals surface area contributed by atoms with Crippen LogP contribution in [0.2, 0.25) is 0 Å². The molecule has 2 heteroatoms. The molecule has 1 aliphatic carbocycles. The predicted octanol–water partition coefficient (Wildman–Crippen LogP) is 3.30. The number of nitrogens with zero attached hydrogens (tertiary/aromatic N) is 1. The number of rotatable bonds is 3. The van der Waals surface area contributed by atoms with Gasteiger partial charge in [-0.05, 0) is 39.0 Å². The number of hydrogen-bond acceptors (Lipinski definition) is 2. The van der Waals surface area contributed by atoms with Crippen LogP contribution in [0.25, 0.3) is 0 Å². The van der Waals surface area contributed by atoms with Crippen molar-refractivity contribution in [3.05, 3.63) is 0 Å². The van der Waals surface area contributed by atoms with Crippen molar-refractivity contribution in [1.29, 1.82) is 0 Å². The predicted molar refractivity (Wildman–Crippen MR) is 74.1 cm³/mol. The molecule has 17 heavy (non-hydrogen) atoms. The van der Waals surface area contributed by atoms with E-state index in [9.17, 15) is 0 Å². The fourth-order valence-corrected chi connectivity index (χ4v) is 4.28. The molecule has 2 rings (SSSR count). The molecule has 2 N–H and O–H groups in total. The van der Waals surface area contributed by atoms with Crippen LogP contribution < -0.4 is 5.73 Å². The Morgan fingerprint density at radius 1 is 1.12 bits per heavy atom. The van der Waals surface area contributed by atoms with E-state index in [0.29, 0.717) is 5.54 Å². The highest BCUT2D eigenvalue weighted by molar-refractivity contribution is 5.01. The smallest absolute Gasteiger partial charge is 0.0337 e. The third kappa shape index (κ3) is 2.53. The standard InChI is InChI=1S/C15H30N2/c1-3-14-9-8-13(2)17(14)15(12-16)10-6-4-5-7-11-15/h13-14H,3-12,16H2,1-2H3. The molecule has 2 nitrogen and oxygen atoms in total. The largest absolute Gasteiger partial charge is 0.329 e. The summed E-state index contributed by atoms with van der Waals surface area (Å²) in [5.74, 6) is 0. The van der Waals surface area contributed by atoms with Gasteiger partial charge in [0.05, 0.1) is 0 Å². The van der Waals surface area contributed by atoms with Crippen LogP contribution in [0, 0.1) is 0 Å². The number of hydrogen-bond donors (Lipinski definition) is 1. The lowest BCUT2D eigenvalue weighted by molar-refractivity contribution is 0.0332. The maximum Gasteiger partial charge on any atom is 0.0337 e. The second kappa shape index (κ2) is 5.71. The van der Waals surface area contributed by atoms with Gasteiger partial charge in [0.25, 0.3) is 0 Å². The molecule has 0 amide bonds. The van der Waals surface area contributed by atoms with Crippen molar-refractivity contribution < 1.29 is 0 Å². The van der Waals surface area contributed by atoms with Crippen molar-refractivity contribution in [2.75, 3.05) is 6.54 Å². The normalized spacial score (nSPS) is 34.8. The quantitative estimate of drug-likeness (QED) is 0.764. The average molecular weight is 238 g/mol. The van der Waals surface area contributed by atoms with Gasteiger partial charge >= 0.3 is 0 Å². The first-order chi connectivity index (χ1) is 8.23. The Balaban J connectivity index is 2.19. The Kier molecular flexibility index (Phi) is 4.48. The van der Waals surface area contributed by atoms with Gasteiger partial charge in [0.2, 0.25) is 0 Å². The Labute approximate surface area is 107 Å². The highest BCUT2D eigenvalue weighted by Crippen LogP contribution is 2.40. The van der Waals surface area contributed by atoms with Crippen LogP contribution >= 0.6 is 0 Å². The molecule has 0 aromatic rings. The first-order valence-electron chi connectivity index (χ1n) is 7.72. The summed E-state index contributed by atoms with van der Waals surface area (Å²) in [5, 5.41) is 0. The third-order valence-electron chi connectivity index (χ3n) is 5.22. The zero-order chi connectivity index (χ0) is 12.3. The molecule has 0 aromatic heterocycles.